The van der Waals surface area contributed by atoms with Crippen LogP contribution in [0.3, 0.4) is 0 Å². The molecule has 1 amide bonds. The molecule has 0 saturated carbocycles. The predicted molar refractivity (Wildman–Crippen MR) is 78.9 cm³/mol. The van der Waals surface area contributed by atoms with Gasteiger partial charge in [0.2, 0.25) is 0 Å². The molecular weight excluding hydrogens is 309 g/mol. The number of carbonyl (C=O) groups is 1. The Hall–Kier alpha value is -2.64. The van der Waals surface area contributed by atoms with Crippen LogP contribution in [-0.2, 0) is 6.18 Å². The molecule has 2 rings (SSSR count). The third kappa shape index (κ3) is 4.41. The minimum absolute atomic E-state index is 0.0391. The van der Waals surface area contributed by atoms with Gasteiger partial charge in [0.1, 0.15) is 11.5 Å². The number of nitrogens with one attached hydrogen (secondary N) is 1. The molecule has 5 nitrogen and oxygen atoms in total. The van der Waals surface area contributed by atoms with E-state index in [1.807, 2.05) is 6.92 Å². The fraction of sp³-hybridized carbons (Fsp3) is 0.267. The number of primary amides is 1. The van der Waals surface area contributed by atoms with Crippen molar-refractivity contribution in [3.8, 4) is 0 Å². The first kappa shape index (κ1) is 16.7. The number of carbonyl (C=O) groups excluding carboxylic acids is 1. The lowest BCUT2D eigenvalue weighted by atomic mass is 9.99. The maximum Gasteiger partial charge on any atom is 0.416 e. The van der Waals surface area contributed by atoms with Crippen molar-refractivity contribution in [3.63, 3.8) is 0 Å². The van der Waals surface area contributed by atoms with Gasteiger partial charge >= 0.3 is 6.18 Å². The minimum Gasteiger partial charge on any atom is -0.368 e. The van der Waals surface area contributed by atoms with Crippen LogP contribution in [-0.4, -0.2) is 22.4 Å². The van der Waals surface area contributed by atoms with Crippen LogP contribution in [0.5, 0.6) is 0 Å². The van der Waals surface area contributed by atoms with Crippen molar-refractivity contribution in [2.45, 2.75) is 19.0 Å². The maximum absolute atomic E-state index is 12.5. The fourth-order valence-electron chi connectivity index (χ4n) is 1.95. The zero-order valence-corrected chi connectivity index (χ0v) is 12.3. The van der Waals surface area contributed by atoms with E-state index in [1.165, 1.54) is 24.5 Å². The molecule has 0 aliphatic carbocycles. The number of rotatable bonds is 5. The number of hydrogen-bond acceptors (Lipinski definition) is 4. The summed E-state index contributed by atoms with van der Waals surface area (Å²) in [7, 11) is 0. The first-order valence-corrected chi connectivity index (χ1v) is 6.80. The molecule has 8 heteroatoms. The molecule has 1 aromatic carbocycles. The second kappa shape index (κ2) is 6.64. The van der Waals surface area contributed by atoms with E-state index in [2.05, 4.69) is 15.3 Å². The number of nitrogens with two attached hydrogens (primary N) is 1. The highest BCUT2D eigenvalue weighted by Crippen LogP contribution is 2.30. The number of alkyl halides is 3. The van der Waals surface area contributed by atoms with E-state index in [0.29, 0.717) is 12.4 Å². The first-order valence-electron chi connectivity index (χ1n) is 6.80. The quantitative estimate of drug-likeness (QED) is 0.886. The second-order valence-corrected chi connectivity index (χ2v) is 5.06. The SMILES string of the molecule is CC(CNc1cncc(C(N)=O)n1)c1ccc(C(F)(F)F)cc1. The average molecular weight is 324 g/mol. The number of nitrogens with zero attached hydrogens (tertiary/aromatic N) is 2. The molecule has 0 saturated heterocycles. The number of halogens is 3. The second-order valence-electron chi connectivity index (χ2n) is 5.06. The average Bonchev–Trinajstić information content (AvgIpc) is 2.52. The zero-order chi connectivity index (χ0) is 17.0. The van der Waals surface area contributed by atoms with Gasteiger partial charge in [-0.3, -0.25) is 9.78 Å². The monoisotopic (exact) mass is 324 g/mol. The number of aromatic nitrogens is 2. The molecule has 122 valence electrons. The van der Waals surface area contributed by atoms with Gasteiger partial charge in [-0.15, -0.1) is 0 Å². The Morgan fingerprint density at radius 2 is 1.91 bits per heavy atom. The summed E-state index contributed by atoms with van der Waals surface area (Å²) < 4.78 is 37.6. The van der Waals surface area contributed by atoms with Crippen LogP contribution in [0.25, 0.3) is 0 Å². The summed E-state index contributed by atoms with van der Waals surface area (Å²) in [6.45, 7) is 2.28. The van der Waals surface area contributed by atoms with E-state index in [9.17, 15) is 18.0 Å². The van der Waals surface area contributed by atoms with Crippen LogP contribution >= 0.6 is 0 Å². The molecule has 1 heterocycles. The fourth-order valence-corrected chi connectivity index (χ4v) is 1.95. The summed E-state index contributed by atoms with van der Waals surface area (Å²) in [6, 6.07) is 5.00. The van der Waals surface area contributed by atoms with Gasteiger partial charge in [-0.05, 0) is 23.6 Å². The Kier molecular flexibility index (Phi) is 4.83. The predicted octanol–water partition coefficient (Wildman–Crippen LogP) is 2.81. The van der Waals surface area contributed by atoms with Crippen molar-refractivity contribution in [2.24, 2.45) is 5.73 Å². The third-order valence-electron chi connectivity index (χ3n) is 3.28. The molecule has 1 aromatic heterocycles. The smallest absolute Gasteiger partial charge is 0.368 e. The molecule has 0 bridgehead atoms. The van der Waals surface area contributed by atoms with Crippen molar-refractivity contribution in [1.29, 1.82) is 0 Å². The van der Waals surface area contributed by atoms with Crippen LogP contribution in [0.4, 0.5) is 19.0 Å². The molecule has 1 atom stereocenters. The normalized spacial score (nSPS) is 12.7. The lowest BCUT2D eigenvalue weighted by Gasteiger charge is -2.15. The summed E-state index contributed by atoms with van der Waals surface area (Å²) in [5.41, 5.74) is 5.23. The zero-order valence-electron chi connectivity index (χ0n) is 12.3. The van der Waals surface area contributed by atoms with E-state index in [1.54, 1.807) is 0 Å². The van der Waals surface area contributed by atoms with Gasteiger partial charge in [0.05, 0.1) is 18.0 Å². The molecule has 0 radical (unpaired) electrons. The van der Waals surface area contributed by atoms with Gasteiger partial charge in [0.25, 0.3) is 5.91 Å². The largest absolute Gasteiger partial charge is 0.416 e. The van der Waals surface area contributed by atoms with Gasteiger partial charge in [-0.25, -0.2) is 4.98 Å². The van der Waals surface area contributed by atoms with E-state index < -0.39 is 17.6 Å². The van der Waals surface area contributed by atoms with Crippen molar-refractivity contribution in [1.82, 2.24) is 9.97 Å². The van der Waals surface area contributed by atoms with Crippen LogP contribution in [0.15, 0.2) is 36.7 Å². The van der Waals surface area contributed by atoms with E-state index in [0.717, 1.165) is 17.7 Å². The van der Waals surface area contributed by atoms with E-state index >= 15 is 0 Å². The molecule has 3 N–H and O–H groups in total. The summed E-state index contributed by atoms with van der Waals surface area (Å²) >= 11 is 0. The van der Waals surface area contributed by atoms with Gasteiger partial charge in [-0.2, -0.15) is 13.2 Å². The molecule has 1 unspecified atom stereocenters. The van der Waals surface area contributed by atoms with E-state index in [-0.39, 0.29) is 11.6 Å². The Labute approximate surface area is 130 Å². The van der Waals surface area contributed by atoms with Crippen LogP contribution in [0.2, 0.25) is 0 Å². The third-order valence-corrected chi connectivity index (χ3v) is 3.28. The summed E-state index contributed by atoms with van der Waals surface area (Å²) in [5.74, 6) is -0.367. The van der Waals surface area contributed by atoms with Gasteiger partial charge in [0, 0.05) is 6.54 Å². The van der Waals surface area contributed by atoms with Crippen LogP contribution in [0, 0.1) is 0 Å². The van der Waals surface area contributed by atoms with Gasteiger partial charge in [0.15, 0.2) is 0 Å². The van der Waals surface area contributed by atoms with Crippen LogP contribution in [0.1, 0.15) is 34.5 Å². The summed E-state index contributed by atoms with van der Waals surface area (Å²) in [4.78, 5) is 18.9. The van der Waals surface area contributed by atoms with Crippen molar-refractivity contribution >= 4 is 11.7 Å². The molecule has 0 spiro atoms. The Balaban J connectivity index is 2.01. The van der Waals surface area contributed by atoms with E-state index in [4.69, 9.17) is 5.73 Å². The van der Waals surface area contributed by atoms with Gasteiger partial charge in [-0.1, -0.05) is 19.1 Å². The highest BCUT2D eigenvalue weighted by atomic mass is 19.4. The molecule has 0 aliphatic heterocycles. The molecular formula is C15H15F3N4O. The number of hydrogen-bond donors (Lipinski definition) is 2. The van der Waals surface area contributed by atoms with Crippen molar-refractivity contribution in [2.75, 3.05) is 11.9 Å². The van der Waals surface area contributed by atoms with Gasteiger partial charge < -0.3 is 11.1 Å². The van der Waals surface area contributed by atoms with Crippen LogP contribution < -0.4 is 11.1 Å². The lowest BCUT2D eigenvalue weighted by molar-refractivity contribution is -0.137. The van der Waals surface area contributed by atoms with Crippen molar-refractivity contribution in [3.05, 3.63) is 53.5 Å². The molecule has 2 aromatic rings. The highest BCUT2D eigenvalue weighted by molar-refractivity contribution is 5.90. The minimum atomic E-state index is -4.34. The first-order chi connectivity index (χ1) is 10.8. The summed E-state index contributed by atoms with van der Waals surface area (Å²) in [6.07, 6.45) is -1.65. The molecule has 23 heavy (non-hydrogen) atoms. The Bertz CT molecular complexity index is 686. The number of benzene rings is 1. The number of amides is 1. The Morgan fingerprint density at radius 3 is 2.48 bits per heavy atom. The highest BCUT2D eigenvalue weighted by Gasteiger charge is 2.30. The lowest BCUT2D eigenvalue weighted by Crippen LogP contribution is -2.16. The number of anilines is 1. The maximum atomic E-state index is 12.5. The Morgan fingerprint density at radius 1 is 1.26 bits per heavy atom. The standard InChI is InChI=1S/C15H15F3N4O/c1-9(10-2-4-11(5-3-10)15(16,17)18)6-21-13-8-20-7-12(22-13)14(19)23/h2-5,7-9H,6H2,1H3,(H2,19,23)(H,21,22). The molecule has 0 fully saturated rings. The van der Waals surface area contributed by atoms with Crippen molar-refractivity contribution < 1.29 is 18.0 Å². The topological polar surface area (TPSA) is 80.9 Å². The summed E-state index contributed by atoms with van der Waals surface area (Å²) in [5, 5.41) is 2.98. The molecule has 0 aliphatic rings.